The van der Waals surface area contributed by atoms with Crippen LogP contribution in [0.3, 0.4) is 0 Å². The van der Waals surface area contributed by atoms with Crippen LogP contribution in [0.1, 0.15) is 41.6 Å². The molecule has 2 N–H and O–H groups in total. The number of fused-ring (bicyclic) bond motifs is 1. The van der Waals surface area contributed by atoms with Gasteiger partial charge in [0.25, 0.3) is 5.91 Å². The van der Waals surface area contributed by atoms with Gasteiger partial charge in [0.15, 0.2) is 5.82 Å². The van der Waals surface area contributed by atoms with E-state index in [0.717, 1.165) is 54.8 Å². The van der Waals surface area contributed by atoms with Gasteiger partial charge in [-0.2, -0.15) is 0 Å². The Morgan fingerprint density at radius 3 is 2.65 bits per heavy atom. The number of hydrogen-bond acceptors (Lipinski definition) is 8. The summed E-state index contributed by atoms with van der Waals surface area (Å²) >= 11 is 0. The SMILES string of the molecule is CNC(=O)c1c(F)cnc2c([C@H](C)CNc3cc(-c4ccc(N(C)C5CCN(C)CC5)nc4)ncn3)cccc12. The number of aromatic nitrogens is 4. The summed E-state index contributed by atoms with van der Waals surface area (Å²) in [5.74, 6) is 0.544. The number of hydrogen-bond donors (Lipinski definition) is 2. The van der Waals surface area contributed by atoms with Crippen LogP contribution in [0.25, 0.3) is 22.2 Å². The molecule has 0 radical (unpaired) electrons. The number of anilines is 2. The minimum absolute atomic E-state index is 0.00659. The number of nitrogens with zero attached hydrogens (tertiary/aromatic N) is 6. The lowest BCUT2D eigenvalue weighted by Crippen LogP contribution is -2.42. The molecule has 1 aliphatic rings. The number of halogens is 1. The predicted octanol–water partition coefficient (Wildman–Crippen LogP) is 4.33. The van der Waals surface area contributed by atoms with Crippen LogP contribution in [0, 0.1) is 5.82 Å². The molecular formula is C30H35FN8O. The molecule has 10 heteroatoms. The molecule has 0 unspecified atom stereocenters. The number of carbonyl (C=O) groups excluding carboxylic acids is 1. The molecule has 208 valence electrons. The predicted molar refractivity (Wildman–Crippen MR) is 156 cm³/mol. The fraction of sp³-hybridized carbons (Fsp3) is 0.367. The van der Waals surface area contributed by atoms with Crippen LogP contribution in [0.15, 0.2) is 55.1 Å². The first kappa shape index (κ1) is 27.4. The number of para-hydroxylation sites is 1. The Kier molecular flexibility index (Phi) is 8.16. The average molecular weight is 543 g/mol. The monoisotopic (exact) mass is 542 g/mol. The molecule has 0 aliphatic carbocycles. The highest BCUT2D eigenvalue weighted by Crippen LogP contribution is 2.28. The summed E-state index contributed by atoms with van der Waals surface area (Å²) in [5, 5.41) is 6.39. The fourth-order valence-electron chi connectivity index (χ4n) is 5.27. The van der Waals surface area contributed by atoms with Gasteiger partial charge in [-0.05, 0) is 50.7 Å². The van der Waals surface area contributed by atoms with Crippen molar-refractivity contribution in [1.29, 1.82) is 0 Å². The Morgan fingerprint density at radius 1 is 1.12 bits per heavy atom. The van der Waals surface area contributed by atoms with Crippen LogP contribution in [-0.4, -0.2) is 77.6 Å². The van der Waals surface area contributed by atoms with Crippen molar-refractivity contribution in [3.63, 3.8) is 0 Å². The Bertz CT molecular complexity index is 1490. The maximum Gasteiger partial charge on any atom is 0.254 e. The molecule has 1 aliphatic heterocycles. The second kappa shape index (κ2) is 11.9. The summed E-state index contributed by atoms with van der Waals surface area (Å²) in [6.45, 7) is 4.82. The molecule has 0 saturated carbocycles. The van der Waals surface area contributed by atoms with Gasteiger partial charge in [-0.15, -0.1) is 0 Å². The molecule has 4 aromatic rings. The van der Waals surface area contributed by atoms with Crippen LogP contribution in [0.5, 0.6) is 0 Å². The van der Waals surface area contributed by atoms with Crippen molar-refractivity contribution in [2.45, 2.75) is 31.7 Å². The van der Waals surface area contributed by atoms with Gasteiger partial charge < -0.3 is 20.4 Å². The van der Waals surface area contributed by atoms with Crippen molar-refractivity contribution in [3.8, 4) is 11.3 Å². The van der Waals surface area contributed by atoms with Crippen molar-refractivity contribution in [2.24, 2.45) is 0 Å². The summed E-state index contributed by atoms with van der Waals surface area (Å²) in [5.41, 5.74) is 3.23. The second-order valence-electron chi connectivity index (χ2n) is 10.4. The molecule has 4 heterocycles. The molecule has 1 amide bonds. The van der Waals surface area contributed by atoms with Crippen LogP contribution >= 0.6 is 0 Å². The van der Waals surface area contributed by atoms with E-state index >= 15 is 0 Å². The molecule has 0 bridgehead atoms. The third kappa shape index (κ3) is 5.72. The zero-order valence-corrected chi connectivity index (χ0v) is 23.4. The van der Waals surface area contributed by atoms with Crippen LogP contribution < -0.4 is 15.5 Å². The van der Waals surface area contributed by atoms with Gasteiger partial charge in [-0.25, -0.2) is 19.3 Å². The van der Waals surface area contributed by atoms with Gasteiger partial charge in [-0.1, -0.05) is 25.1 Å². The number of rotatable bonds is 8. The topological polar surface area (TPSA) is 99.2 Å². The van der Waals surface area contributed by atoms with Crippen LogP contribution in [0.4, 0.5) is 16.0 Å². The lowest BCUT2D eigenvalue weighted by molar-refractivity contribution is 0.0960. The first-order valence-corrected chi connectivity index (χ1v) is 13.6. The number of carbonyl (C=O) groups is 1. The Labute approximate surface area is 233 Å². The summed E-state index contributed by atoms with van der Waals surface area (Å²) < 4.78 is 14.4. The van der Waals surface area contributed by atoms with Gasteiger partial charge in [-0.3, -0.25) is 9.78 Å². The minimum atomic E-state index is -0.640. The zero-order valence-electron chi connectivity index (χ0n) is 23.4. The van der Waals surface area contributed by atoms with Crippen molar-refractivity contribution in [1.82, 2.24) is 30.2 Å². The minimum Gasteiger partial charge on any atom is -0.369 e. The quantitative estimate of drug-likeness (QED) is 0.340. The molecule has 1 saturated heterocycles. The largest absolute Gasteiger partial charge is 0.369 e. The Balaban J connectivity index is 1.28. The average Bonchev–Trinajstić information content (AvgIpc) is 2.99. The van der Waals surface area contributed by atoms with E-state index in [4.69, 9.17) is 4.98 Å². The summed E-state index contributed by atoms with van der Waals surface area (Å²) in [6, 6.07) is 12.0. The maximum atomic E-state index is 14.4. The summed E-state index contributed by atoms with van der Waals surface area (Å²) in [6.07, 6.45) is 6.78. The fourth-order valence-corrected chi connectivity index (χ4v) is 5.27. The third-order valence-corrected chi connectivity index (χ3v) is 7.76. The highest BCUT2D eigenvalue weighted by molar-refractivity contribution is 6.06. The maximum absolute atomic E-state index is 14.4. The van der Waals surface area contributed by atoms with Gasteiger partial charge in [0.05, 0.1) is 23.0 Å². The Hall–Kier alpha value is -4.18. The number of benzene rings is 1. The van der Waals surface area contributed by atoms with E-state index in [-0.39, 0.29) is 11.5 Å². The number of likely N-dealkylation sites (tertiary alicyclic amines) is 1. The number of nitrogens with one attached hydrogen (secondary N) is 2. The lowest BCUT2D eigenvalue weighted by Gasteiger charge is -2.35. The number of pyridine rings is 2. The highest BCUT2D eigenvalue weighted by atomic mass is 19.1. The van der Waals surface area contributed by atoms with Crippen molar-refractivity contribution in [3.05, 3.63) is 72.1 Å². The lowest BCUT2D eigenvalue weighted by atomic mass is 9.96. The molecule has 5 rings (SSSR count). The van der Waals surface area contributed by atoms with Crippen molar-refractivity contribution >= 4 is 28.4 Å². The zero-order chi connectivity index (χ0) is 28.2. The molecule has 0 spiro atoms. The van der Waals surface area contributed by atoms with Crippen LogP contribution in [-0.2, 0) is 0 Å². The number of piperidine rings is 1. The molecule has 1 atom stereocenters. The highest BCUT2D eigenvalue weighted by Gasteiger charge is 2.22. The Morgan fingerprint density at radius 2 is 1.93 bits per heavy atom. The standard InChI is InChI=1S/C30H35FN8O/c1-19(22-6-5-7-23-28(30(40)32-2)24(31)17-35-29(22)23)15-33-26-14-25(36-18-37-26)20-8-9-27(34-16-20)39(4)21-10-12-38(3)13-11-21/h5-9,14,16-19,21H,10-13,15H2,1-4H3,(H,32,40)(H,33,36,37)/t19-/m1/s1. The normalized spacial score (nSPS) is 15.1. The van der Waals surface area contributed by atoms with E-state index in [2.05, 4.69) is 56.4 Å². The molecule has 1 aromatic carbocycles. The molecule has 3 aromatic heterocycles. The van der Waals surface area contributed by atoms with Gasteiger partial charge in [0.1, 0.15) is 18.0 Å². The smallest absolute Gasteiger partial charge is 0.254 e. The molecule has 1 fully saturated rings. The van der Waals surface area contributed by atoms with E-state index in [9.17, 15) is 9.18 Å². The third-order valence-electron chi connectivity index (χ3n) is 7.76. The van der Waals surface area contributed by atoms with E-state index in [1.165, 1.54) is 7.05 Å². The van der Waals surface area contributed by atoms with E-state index in [1.54, 1.807) is 12.4 Å². The molecule has 9 nitrogen and oxygen atoms in total. The number of amides is 1. The van der Waals surface area contributed by atoms with E-state index in [0.29, 0.717) is 29.3 Å². The molecular weight excluding hydrogens is 507 g/mol. The van der Waals surface area contributed by atoms with Gasteiger partial charge in [0.2, 0.25) is 0 Å². The van der Waals surface area contributed by atoms with Crippen molar-refractivity contribution in [2.75, 3.05) is 51.0 Å². The molecule has 40 heavy (non-hydrogen) atoms. The van der Waals surface area contributed by atoms with Crippen LogP contribution in [0.2, 0.25) is 0 Å². The second-order valence-corrected chi connectivity index (χ2v) is 10.4. The first-order chi connectivity index (χ1) is 19.4. The summed E-state index contributed by atoms with van der Waals surface area (Å²) in [7, 11) is 5.77. The first-order valence-electron chi connectivity index (χ1n) is 13.6. The summed E-state index contributed by atoms with van der Waals surface area (Å²) in [4.78, 5) is 34.8. The van der Waals surface area contributed by atoms with Crippen molar-refractivity contribution < 1.29 is 9.18 Å². The van der Waals surface area contributed by atoms with E-state index in [1.807, 2.05) is 36.5 Å². The van der Waals surface area contributed by atoms with Gasteiger partial charge in [0, 0.05) is 55.8 Å². The van der Waals surface area contributed by atoms with Gasteiger partial charge >= 0.3 is 0 Å². The van der Waals surface area contributed by atoms with E-state index < -0.39 is 11.7 Å².